The molecule has 1 nitrogen and oxygen atoms in total. The predicted molar refractivity (Wildman–Crippen MR) is 101 cm³/mol. The van der Waals surface area contributed by atoms with E-state index in [0.717, 1.165) is 37.7 Å². The van der Waals surface area contributed by atoms with Crippen LogP contribution in [0.1, 0.15) is 70.8 Å². The molecule has 0 heterocycles. The first-order valence-corrected chi connectivity index (χ1v) is 9.64. The van der Waals surface area contributed by atoms with Crippen LogP contribution in [0.15, 0.2) is 30.4 Å². The standard InChI is InChI=1S/C22H30F2O/c1-3-5-6-7-8-9-17-10-12-18(13-11-17)19-14-15-20(25-16-4-2)22(24)21(19)23/h8-9,12,14-15,17H,3-7,10-11,13,16H2,1-2H3. The quantitative estimate of drug-likeness (QED) is 0.342. The van der Waals surface area contributed by atoms with Crippen molar-refractivity contribution < 1.29 is 13.5 Å². The van der Waals surface area contributed by atoms with E-state index in [2.05, 4.69) is 25.2 Å². The van der Waals surface area contributed by atoms with Crippen LogP contribution < -0.4 is 4.74 Å². The fourth-order valence-corrected chi connectivity index (χ4v) is 3.18. The van der Waals surface area contributed by atoms with Gasteiger partial charge in [-0.25, -0.2) is 4.39 Å². The largest absolute Gasteiger partial charge is 0.490 e. The Morgan fingerprint density at radius 3 is 2.64 bits per heavy atom. The highest BCUT2D eigenvalue weighted by Crippen LogP contribution is 2.34. The molecule has 0 fully saturated rings. The highest BCUT2D eigenvalue weighted by atomic mass is 19.2. The summed E-state index contributed by atoms with van der Waals surface area (Å²) in [4.78, 5) is 0. The molecule has 3 heteroatoms. The second kappa shape index (κ2) is 10.4. The molecular weight excluding hydrogens is 318 g/mol. The van der Waals surface area contributed by atoms with Gasteiger partial charge >= 0.3 is 0 Å². The molecular formula is C22H30F2O. The number of unbranched alkanes of at least 4 members (excludes halogenated alkanes) is 3. The Labute approximate surface area is 150 Å². The topological polar surface area (TPSA) is 9.23 Å². The van der Waals surface area contributed by atoms with Gasteiger partial charge in [0, 0.05) is 5.56 Å². The molecule has 25 heavy (non-hydrogen) atoms. The van der Waals surface area contributed by atoms with Crippen LogP contribution in [0.5, 0.6) is 5.75 Å². The first kappa shape index (κ1) is 19.7. The second-order valence-electron chi connectivity index (χ2n) is 6.78. The molecule has 1 atom stereocenters. The van der Waals surface area contributed by atoms with Gasteiger partial charge < -0.3 is 4.74 Å². The molecule has 0 bridgehead atoms. The Kier molecular flexibility index (Phi) is 8.17. The Balaban J connectivity index is 1.98. The van der Waals surface area contributed by atoms with E-state index in [1.165, 1.54) is 19.3 Å². The lowest BCUT2D eigenvalue weighted by molar-refractivity contribution is 0.295. The molecule has 0 saturated heterocycles. The lowest BCUT2D eigenvalue weighted by atomic mass is 9.86. The van der Waals surface area contributed by atoms with Crippen LogP contribution in [0.4, 0.5) is 8.78 Å². The van der Waals surface area contributed by atoms with Crippen molar-refractivity contribution >= 4 is 5.57 Å². The molecule has 1 aliphatic carbocycles. The number of ether oxygens (including phenoxy) is 1. The Hall–Kier alpha value is -1.64. The Morgan fingerprint density at radius 2 is 1.96 bits per heavy atom. The van der Waals surface area contributed by atoms with Crippen molar-refractivity contribution in [3.8, 4) is 5.75 Å². The van der Waals surface area contributed by atoms with Crippen LogP contribution >= 0.6 is 0 Å². The molecule has 0 amide bonds. The third-order valence-corrected chi connectivity index (χ3v) is 4.69. The van der Waals surface area contributed by atoms with Crippen molar-refractivity contribution in [2.24, 2.45) is 5.92 Å². The van der Waals surface area contributed by atoms with Crippen molar-refractivity contribution in [2.45, 2.75) is 65.2 Å². The molecule has 1 aliphatic rings. The smallest absolute Gasteiger partial charge is 0.201 e. The second-order valence-corrected chi connectivity index (χ2v) is 6.78. The van der Waals surface area contributed by atoms with Gasteiger partial charge in [-0.05, 0) is 62.1 Å². The molecule has 0 aromatic heterocycles. The first-order valence-electron chi connectivity index (χ1n) is 9.64. The van der Waals surface area contributed by atoms with Gasteiger partial charge in [0.05, 0.1) is 6.61 Å². The molecule has 1 aromatic rings. The maximum atomic E-state index is 14.4. The first-order chi connectivity index (χ1) is 12.2. The van der Waals surface area contributed by atoms with Crippen molar-refractivity contribution in [3.05, 3.63) is 47.6 Å². The summed E-state index contributed by atoms with van der Waals surface area (Å²) in [7, 11) is 0. The van der Waals surface area contributed by atoms with Crippen molar-refractivity contribution in [2.75, 3.05) is 6.61 Å². The van der Waals surface area contributed by atoms with Gasteiger partial charge in [0.2, 0.25) is 5.82 Å². The van der Waals surface area contributed by atoms with Crippen molar-refractivity contribution in [3.63, 3.8) is 0 Å². The van der Waals surface area contributed by atoms with Gasteiger partial charge in [0.1, 0.15) is 0 Å². The average molecular weight is 348 g/mol. The zero-order valence-corrected chi connectivity index (χ0v) is 15.5. The fourth-order valence-electron chi connectivity index (χ4n) is 3.18. The highest BCUT2D eigenvalue weighted by Gasteiger charge is 2.20. The van der Waals surface area contributed by atoms with Gasteiger partial charge in [-0.1, -0.05) is 44.9 Å². The van der Waals surface area contributed by atoms with Crippen LogP contribution in [-0.2, 0) is 0 Å². The maximum Gasteiger partial charge on any atom is 0.201 e. The van der Waals surface area contributed by atoms with E-state index in [0.29, 0.717) is 18.1 Å². The van der Waals surface area contributed by atoms with Gasteiger partial charge in [0.25, 0.3) is 0 Å². The van der Waals surface area contributed by atoms with Gasteiger partial charge in [-0.3, -0.25) is 0 Å². The normalized spacial score (nSPS) is 17.8. The summed E-state index contributed by atoms with van der Waals surface area (Å²) in [5, 5.41) is 0. The summed E-state index contributed by atoms with van der Waals surface area (Å²) >= 11 is 0. The summed E-state index contributed by atoms with van der Waals surface area (Å²) in [5.74, 6) is -1.13. The minimum atomic E-state index is -0.871. The van der Waals surface area contributed by atoms with Crippen molar-refractivity contribution in [1.82, 2.24) is 0 Å². The number of benzene rings is 1. The maximum absolute atomic E-state index is 14.4. The van der Waals surface area contributed by atoms with E-state index in [1.807, 2.05) is 6.92 Å². The van der Waals surface area contributed by atoms with Crippen LogP contribution in [0.2, 0.25) is 0 Å². The monoisotopic (exact) mass is 348 g/mol. The summed E-state index contributed by atoms with van der Waals surface area (Å²) in [5.41, 5.74) is 1.29. The molecule has 138 valence electrons. The molecule has 0 N–H and O–H groups in total. The van der Waals surface area contributed by atoms with Crippen molar-refractivity contribution in [1.29, 1.82) is 0 Å². The van der Waals surface area contributed by atoms with E-state index in [9.17, 15) is 8.78 Å². The van der Waals surface area contributed by atoms with Gasteiger partial charge in [-0.2, -0.15) is 4.39 Å². The molecule has 1 aromatic carbocycles. The molecule has 0 aliphatic heterocycles. The molecule has 2 rings (SSSR count). The third-order valence-electron chi connectivity index (χ3n) is 4.69. The van der Waals surface area contributed by atoms with Gasteiger partial charge in [-0.15, -0.1) is 0 Å². The third kappa shape index (κ3) is 5.69. The van der Waals surface area contributed by atoms with Gasteiger partial charge in [0.15, 0.2) is 11.6 Å². The number of allylic oxidation sites excluding steroid dienone is 4. The number of rotatable bonds is 9. The van der Waals surface area contributed by atoms with Crippen LogP contribution in [0.25, 0.3) is 5.57 Å². The van der Waals surface area contributed by atoms with Crippen LogP contribution in [-0.4, -0.2) is 6.61 Å². The van der Waals surface area contributed by atoms with E-state index in [1.54, 1.807) is 12.1 Å². The van der Waals surface area contributed by atoms with E-state index >= 15 is 0 Å². The summed E-state index contributed by atoms with van der Waals surface area (Å²) < 4.78 is 33.8. The average Bonchev–Trinajstić information content (AvgIpc) is 2.63. The van der Waals surface area contributed by atoms with E-state index < -0.39 is 11.6 Å². The summed E-state index contributed by atoms with van der Waals surface area (Å²) in [6.07, 6.45) is 15.0. The predicted octanol–water partition coefficient (Wildman–Crippen LogP) is 7.07. The number of hydrogen-bond acceptors (Lipinski definition) is 1. The highest BCUT2D eigenvalue weighted by molar-refractivity contribution is 5.67. The fraction of sp³-hybridized carbons (Fsp3) is 0.545. The summed E-state index contributed by atoms with van der Waals surface area (Å²) in [6, 6.07) is 3.19. The molecule has 0 spiro atoms. The minimum absolute atomic E-state index is 0.00685. The zero-order chi connectivity index (χ0) is 18.1. The van der Waals surface area contributed by atoms with E-state index in [-0.39, 0.29) is 5.75 Å². The lowest BCUT2D eigenvalue weighted by Crippen LogP contribution is -2.06. The molecule has 0 radical (unpaired) electrons. The summed E-state index contributed by atoms with van der Waals surface area (Å²) in [6.45, 7) is 4.54. The Morgan fingerprint density at radius 1 is 1.12 bits per heavy atom. The minimum Gasteiger partial charge on any atom is -0.490 e. The molecule has 0 saturated carbocycles. The lowest BCUT2D eigenvalue weighted by Gasteiger charge is -2.20. The van der Waals surface area contributed by atoms with Crippen LogP contribution in [0, 0.1) is 17.6 Å². The van der Waals surface area contributed by atoms with Crippen LogP contribution in [0.3, 0.4) is 0 Å². The van der Waals surface area contributed by atoms with E-state index in [4.69, 9.17) is 4.74 Å². The Bertz CT molecular complexity index is 604. The zero-order valence-electron chi connectivity index (χ0n) is 15.5. The number of hydrogen-bond donors (Lipinski definition) is 0. The SMILES string of the molecule is CCCCCC=CC1CC=C(c2ccc(OCCC)c(F)c2F)CC1. The molecule has 1 unspecified atom stereocenters. The number of halogens is 2.